The summed E-state index contributed by atoms with van der Waals surface area (Å²) in [5, 5.41) is 6.53. The largest absolute Gasteiger partial charge is 0.356 e. The number of ketones is 1. The number of nitrogens with one attached hydrogen (secondary N) is 3. The highest BCUT2D eigenvalue weighted by Crippen LogP contribution is 2.64. The van der Waals surface area contributed by atoms with Gasteiger partial charge in [-0.25, -0.2) is 0 Å². The van der Waals surface area contributed by atoms with Gasteiger partial charge in [0.25, 0.3) is 0 Å². The molecule has 4 fully saturated rings. The minimum atomic E-state index is -0.173. The van der Waals surface area contributed by atoms with Crippen LogP contribution in [0.25, 0.3) is 0 Å². The number of carbonyl (C=O) groups excluding carboxylic acids is 2. The minimum Gasteiger partial charge on any atom is -0.356 e. The maximum absolute atomic E-state index is 12.7. The van der Waals surface area contributed by atoms with Crippen molar-refractivity contribution in [2.75, 3.05) is 13.1 Å². The third-order valence-electron chi connectivity index (χ3n) is 9.70. The number of allylic oxidation sites excluding steroid dienone is 2. The van der Waals surface area contributed by atoms with E-state index in [4.69, 9.17) is 4.84 Å². The SMILES string of the molecule is C[C@]12CCC(NO[C@@H]3CCNC3)=CC1C[C@@H](NC=O)[C@@H]1[C@@H]2CC[C@]2(C)C(=O)CC[C@@H]12. The van der Waals surface area contributed by atoms with Gasteiger partial charge in [-0.3, -0.25) is 19.9 Å². The Bertz CT molecular complexity index is 733. The third-order valence-corrected chi connectivity index (χ3v) is 9.70. The quantitative estimate of drug-likeness (QED) is 0.475. The normalized spacial score (nSPS) is 47.7. The number of hydroxylamine groups is 1. The summed E-state index contributed by atoms with van der Waals surface area (Å²) in [4.78, 5) is 30.2. The number of rotatable bonds is 5. The molecule has 1 aliphatic heterocycles. The fourth-order valence-electron chi connectivity index (χ4n) is 7.87. The van der Waals surface area contributed by atoms with Crippen molar-refractivity contribution in [2.24, 2.45) is 34.5 Å². The maximum Gasteiger partial charge on any atom is 0.207 e. The summed E-state index contributed by atoms with van der Waals surface area (Å²) in [5.41, 5.74) is 4.53. The second kappa shape index (κ2) is 7.63. The highest BCUT2D eigenvalue weighted by Gasteiger charge is 2.62. The second-order valence-corrected chi connectivity index (χ2v) is 11.0. The Balaban J connectivity index is 1.38. The lowest BCUT2D eigenvalue weighted by Crippen LogP contribution is -2.60. The van der Waals surface area contributed by atoms with Crippen LogP contribution in [0.3, 0.4) is 0 Å². The summed E-state index contributed by atoms with van der Waals surface area (Å²) in [7, 11) is 0. The first-order chi connectivity index (χ1) is 14.5. The van der Waals surface area contributed by atoms with Crippen LogP contribution in [0, 0.1) is 34.5 Å². The average molecular weight is 416 g/mol. The Morgan fingerprint density at radius 3 is 2.80 bits per heavy atom. The van der Waals surface area contributed by atoms with E-state index in [1.54, 1.807) is 0 Å². The van der Waals surface area contributed by atoms with Crippen molar-refractivity contribution in [3.8, 4) is 0 Å². The topological polar surface area (TPSA) is 79.5 Å². The molecular formula is C24H37N3O3. The molecule has 166 valence electrons. The van der Waals surface area contributed by atoms with Crippen molar-refractivity contribution >= 4 is 12.2 Å². The van der Waals surface area contributed by atoms with Crippen LogP contribution in [0.5, 0.6) is 0 Å². The summed E-state index contributed by atoms with van der Waals surface area (Å²) in [6.07, 6.45) is 11.6. The van der Waals surface area contributed by atoms with Gasteiger partial charge in [-0.1, -0.05) is 19.9 Å². The van der Waals surface area contributed by atoms with Crippen LogP contribution in [-0.4, -0.2) is 37.4 Å². The molecular weight excluding hydrogens is 378 g/mol. The van der Waals surface area contributed by atoms with Gasteiger partial charge >= 0.3 is 0 Å². The summed E-state index contributed by atoms with van der Waals surface area (Å²) < 4.78 is 0. The average Bonchev–Trinajstić information content (AvgIpc) is 3.35. The lowest BCUT2D eigenvalue weighted by Gasteiger charge is -2.61. The zero-order valence-electron chi connectivity index (χ0n) is 18.4. The van der Waals surface area contributed by atoms with Gasteiger partial charge in [0.1, 0.15) is 5.78 Å². The van der Waals surface area contributed by atoms with Crippen LogP contribution in [0.4, 0.5) is 0 Å². The summed E-state index contributed by atoms with van der Waals surface area (Å²) in [5.74, 6) is 2.29. The van der Waals surface area contributed by atoms with Gasteiger partial charge in [0, 0.05) is 30.1 Å². The van der Waals surface area contributed by atoms with Crippen molar-refractivity contribution < 1.29 is 14.4 Å². The van der Waals surface area contributed by atoms with Gasteiger partial charge in [-0.05, 0) is 80.6 Å². The van der Waals surface area contributed by atoms with Crippen LogP contribution >= 0.6 is 0 Å². The molecule has 1 saturated heterocycles. The Morgan fingerprint density at radius 1 is 1.17 bits per heavy atom. The van der Waals surface area contributed by atoms with E-state index < -0.39 is 0 Å². The molecule has 3 saturated carbocycles. The summed E-state index contributed by atoms with van der Waals surface area (Å²) in [6, 6.07) is 0.164. The molecule has 0 aromatic heterocycles. The molecule has 4 aliphatic carbocycles. The monoisotopic (exact) mass is 415 g/mol. The number of fused-ring (bicyclic) bond motifs is 5. The molecule has 0 aromatic carbocycles. The molecule has 1 heterocycles. The van der Waals surface area contributed by atoms with E-state index in [0.29, 0.717) is 29.5 Å². The Kier molecular flexibility index (Phi) is 5.21. The number of Topliss-reactive ketones (excluding diaryl/α,β-unsaturated/α-hetero) is 1. The predicted molar refractivity (Wildman–Crippen MR) is 114 cm³/mol. The highest BCUT2D eigenvalue weighted by molar-refractivity contribution is 5.87. The first-order valence-electron chi connectivity index (χ1n) is 12.0. The van der Waals surface area contributed by atoms with Gasteiger partial charge in [-0.2, -0.15) is 0 Å². The van der Waals surface area contributed by atoms with Gasteiger partial charge in [0.15, 0.2) is 0 Å². The van der Waals surface area contributed by atoms with Crippen molar-refractivity contribution in [1.29, 1.82) is 0 Å². The smallest absolute Gasteiger partial charge is 0.207 e. The number of amides is 1. The van der Waals surface area contributed by atoms with E-state index in [1.165, 1.54) is 5.70 Å². The van der Waals surface area contributed by atoms with E-state index in [9.17, 15) is 9.59 Å². The minimum absolute atomic E-state index is 0.164. The standard InChI is InChI=1S/C24H37N3O3/c1-23-8-5-16(27-30-17-7-10-25-13-17)11-15(23)12-20(26-14-28)22-18-3-4-21(29)24(18,2)9-6-19(22)23/h11,14-15,17-20,22,25,27H,3-10,12-13H2,1-2H3,(H,26,28)/t15?,17-,18+,19+,20-,22+,23+,24+/m1/s1. The summed E-state index contributed by atoms with van der Waals surface area (Å²) in [6.45, 7) is 6.61. The van der Waals surface area contributed by atoms with Gasteiger partial charge in [0.05, 0.1) is 6.10 Å². The Labute approximate surface area is 179 Å². The predicted octanol–water partition coefficient (Wildman–Crippen LogP) is 2.70. The van der Waals surface area contributed by atoms with E-state index in [2.05, 4.69) is 36.0 Å². The molecule has 8 atom stereocenters. The first kappa shape index (κ1) is 20.5. The van der Waals surface area contributed by atoms with Crippen LogP contribution in [0.1, 0.15) is 65.2 Å². The van der Waals surface area contributed by atoms with Crippen molar-refractivity contribution in [2.45, 2.75) is 77.4 Å². The molecule has 0 aromatic rings. The number of hydrogen-bond donors (Lipinski definition) is 3. The van der Waals surface area contributed by atoms with E-state index in [0.717, 1.165) is 70.9 Å². The zero-order chi connectivity index (χ0) is 20.9. The fraction of sp³-hybridized carbons (Fsp3) is 0.833. The van der Waals surface area contributed by atoms with Crippen LogP contribution in [0.15, 0.2) is 11.8 Å². The van der Waals surface area contributed by atoms with E-state index >= 15 is 0 Å². The molecule has 6 nitrogen and oxygen atoms in total. The Hall–Kier alpha value is -1.40. The highest BCUT2D eigenvalue weighted by atomic mass is 16.7. The zero-order valence-corrected chi connectivity index (χ0v) is 18.4. The molecule has 5 aliphatic rings. The molecule has 1 unspecified atom stereocenters. The molecule has 0 radical (unpaired) electrons. The van der Waals surface area contributed by atoms with Crippen molar-refractivity contribution in [1.82, 2.24) is 16.1 Å². The van der Waals surface area contributed by atoms with Crippen LogP contribution < -0.4 is 16.1 Å². The van der Waals surface area contributed by atoms with E-state index in [-0.39, 0.29) is 23.0 Å². The van der Waals surface area contributed by atoms with Gasteiger partial charge in [0.2, 0.25) is 6.41 Å². The lowest BCUT2D eigenvalue weighted by molar-refractivity contribution is -0.139. The molecule has 0 spiro atoms. The number of hydrogen-bond acceptors (Lipinski definition) is 5. The number of carbonyl (C=O) groups is 2. The van der Waals surface area contributed by atoms with Gasteiger partial charge in [-0.15, -0.1) is 0 Å². The van der Waals surface area contributed by atoms with Crippen LogP contribution in [-0.2, 0) is 14.4 Å². The molecule has 30 heavy (non-hydrogen) atoms. The second-order valence-electron chi connectivity index (χ2n) is 11.0. The molecule has 0 bridgehead atoms. The molecule has 3 N–H and O–H groups in total. The van der Waals surface area contributed by atoms with E-state index in [1.807, 2.05) is 0 Å². The summed E-state index contributed by atoms with van der Waals surface area (Å²) >= 11 is 0. The van der Waals surface area contributed by atoms with Crippen molar-refractivity contribution in [3.05, 3.63) is 11.8 Å². The van der Waals surface area contributed by atoms with Crippen molar-refractivity contribution in [3.63, 3.8) is 0 Å². The molecule has 5 rings (SSSR count). The molecule has 1 amide bonds. The lowest BCUT2D eigenvalue weighted by atomic mass is 9.45. The fourth-order valence-corrected chi connectivity index (χ4v) is 7.87. The Morgan fingerprint density at radius 2 is 2.03 bits per heavy atom. The van der Waals surface area contributed by atoms with Gasteiger partial charge < -0.3 is 10.6 Å². The van der Waals surface area contributed by atoms with Crippen LogP contribution in [0.2, 0.25) is 0 Å². The molecule has 6 heteroatoms. The third kappa shape index (κ3) is 3.13. The maximum atomic E-state index is 12.7. The first-order valence-corrected chi connectivity index (χ1v) is 12.0.